The topological polar surface area (TPSA) is 152 Å². The van der Waals surface area contributed by atoms with Crippen LogP contribution in [0.5, 0.6) is 5.75 Å². The number of hydrogen-bond acceptors (Lipinski definition) is 9. The Morgan fingerprint density at radius 2 is 1.76 bits per heavy atom. The number of halogens is 2. The minimum atomic E-state index is -4.44. The predicted octanol–water partition coefficient (Wildman–Crippen LogP) is 4.46. The summed E-state index contributed by atoms with van der Waals surface area (Å²) in [7, 11) is -0.598. The summed E-state index contributed by atoms with van der Waals surface area (Å²) in [6, 6.07) is 10.2. The zero-order valence-corrected chi connectivity index (χ0v) is 25.2. The third-order valence-electron chi connectivity index (χ3n) is 7.14. The number of nitrogens with zero attached hydrogens (tertiary/aromatic N) is 3. The maximum absolute atomic E-state index is 13.8. The van der Waals surface area contributed by atoms with Gasteiger partial charge in [-0.3, -0.25) is 4.79 Å². The number of sulfone groups is 1. The number of carbonyl (C=O) groups excluding carboxylic acids is 1. The lowest BCUT2D eigenvalue weighted by atomic mass is 10.1. The number of ether oxygens (including phenoxy) is 2. The van der Waals surface area contributed by atoms with Gasteiger partial charge >= 0.3 is 6.09 Å². The number of rotatable bonds is 10. The van der Waals surface area contributed by atoms with Crippen LogP contribution in [-0.2, 0) is 14.6 Å². The molecule has 0 atom stereocenters. The van der Waals surface area contributed by atoms with E-state index in [9.17, 15) is 31.9 Å². The van der Waals surface area contributed by atoms with Crippen molar-refractivity contribution >= 4 is 44.2 Å². The second-order valence-corrected chi connectivity index (χ2v) is 12.6. The van der Waals surface area contributed by atoms with E-state index in [1.807, 2.05) is 19.0 Å². The summed E-state index contributed by atoms with van der Waals surface area (Å²) in [5.41, 5.74) is 0.658. The fraction of sp³-hybridized carbons (Fsp3) is 0.300. The fourth-order valence-corrected chi connectivity index (χ4v) is 6.16. The van der Waals surface area contributed by atoms with Crippen LogP contribution >= 0.6 is 0 Å². The molecule has 2 heterocycles. The van der Waals surface area contributed by atoms with E-state index in [1.54, 1.807) is 18.2 Å². The summed E-state index contributed by atoms with van der Waals surface area (Å²) < 4.78 is 66.1. The smallest absolute Gasteiger partial charge is 0.432 e. The first-order valence-corrected chi connectivity index (χ1v) is 15.4. The number of benzene rings is 3. The number of fused-ring (bicyclic) bond motifs is 1. The summed E-state index contributed by atoms with van der Waals surface area (Å²) in [4.78, 5) is 26.6. The van der Waals surface area contributed by atoms with Gasteiger partial charge in [-0.15, -0.1) is 5.10 Å². The van der Waals surface area contributed by atoms with Crippen molar-refractivity contribution in [3.05, 3.63) is 71.8 Å². The minimum absolute atomic E-state index is 0.0210. The summed E-state index contributed by atoms with van der Waals surface area (Å²) >= 11 is 0. The zero-order valence-electron chi connectivity index (χ0n) is 24.4. The highest BCUT2D eigenvalue weighted by molar-refractivity contribution is 7.91. The SMILES string of the molecule is CN(C)CCOc1ccc(C(=O)Nc2nn(C(=O)O)c3ccc(S(=O)(=O)c4cc(F)cc(F)c4)cc23)c(NC2CCOCC2)c1. The second-order valence-electron chi connectivity index (χ2n) is 10.7. The molecule has 1 amide bonds. The van der Waals surface area contributed by atoms with Gasteiger partial charge in [-0.05, 0) is 69.4 Å². The Kier molecular flexibility index (Phi) is 9.32. The maximum Gasteiger partial charge on any atom is 0.432 e. The molecule has 0 unspecified atom stereocenters. The molecule has 3 N–H and O–H groups in total. The van der Waals surface area contributed by atoms with E-state index in [1.165, 1.54) is 6.07 Å². The highest BCUT2D eigenvalue weighted by Crippen LogP contribution is 2.31. The minimum Gasteiger partial charge on any atom is -0.492 e. The van der Waals surface area contributed by atoms with Crippen molar-refractivity contribution in [3.63, 3.8) is 0 Å². The van der Waals surface area contributed by atoms with E-state index in [-0.39, 0.29) is 33.2 Å². The molecule has 0 saturated carbocycles. The number of likely N-dealkylation sites (N-methyl/N-ethyl adjacent to an activating group) is 1. The first kappa shape index (κ1) is 31.8. The van der Waals surface area contributed by atoms with Gasteiger partial charge < -0.3 is 30.1 Å². The van der Waals surface area contributed by atoms with Crippen LogP contribution in [0.2, 0.25) is 0 Å². The largest absolute Gasteiger partial charge is 0.492 e. The van der Waals surface area contributed by atoms with Crippen molar-refractivity contribution in [1.29, 1.82) is 0 Å². The van der Waals surface area contributed by atoms with Crippen LogP contribution in [0.3, 0.4) is 0 Å². The molecule has 1 aliphatic heterocycles. The maximum atomic E-state index is 13.8. The van der Waals surface area contributed by atoms with Gasteiger partial charge in [0.25, 0.3) is 5.91 Å². The van der Waals surface area contributed by atoms with Crippen LogP contribution in [0, 0.1) is 11.6 Å². The lowest BCUT2D eigenvalue weighted by Gasteiger charge is -2.25. The average molecular weight is 644 g/mol. The molecule has 0 radical (unpaired) electrons. The van der Waals surface area contributed by atoms with E-state index in [0.29, 0.717) is 73.5 Å². The van der Waals surface area contributed by atoms with Crippen molar-refractivity contribution in [2.75, 3.05) is 51.1 Å². The zero-order chi connectivity index (χ0) is 32.3. The first-order valence-electron chi connectivity index (χ1n) is 14.0. The normalized spacial score (nSPS) is 14.1. The van der Waals surface area contributed by atoms with E-state index < -0.39 is 38.4 Å². The van der Waals surface area contributed by atoms with Crippen molar-refractivity contribution in [3.8, 4) is 5.75 Å². The molecular formula is C30H31F2N5O7S. The van der Waals surface area contributed by atoms with Gasteiger partial charge in [0.15, 0.2) is 5.82 Å². The molecule has 5 rings (SSSR count). The number of anilines is 2. The van der Waals surface area contributed by atoms with Gasteiger partial charge in [-0.1, -0.05) is 0 Å². The number of aromatic nitrogens is 2. The van der Waals surface area contributed by atoms with Gasteiger partial charge in [-0.25, -0.2) is 22.0 Å². The number of hydrogen-bond donors (Lipinski definition) is 3. The molecule has 0 spiro atoms. The molecule has 15 heteroatoms. The Balaban J connectivity index is 1.51. The Morgan fingerprint density at radius 1 is 1.04 bits per heavy atom. The summed E-state index contributed by atoms with van der Waals surface area (Å²) in [5, 5.41) is 19.7. The number of nitrogens with one attached hydrogen (secondary N) is 2. The molecule has 1 aliphatic rings. The third-order valence-corrected chi connectivity index (χ3v) is 8.88. The van der Waals surface area contributed by atoms with Gasteiger partial charge in [0, 0.05) is 43.3 Å². The van der Waals surface area contributed by atoms with Crippen molar-refractivity contribution in [2.45, 2.75) is 28.7 Å². The van der Waals surface area contributed by atoms with Gasteiger partial charge in [0.05, 0.1) is 26.6 Å². The number of carbonyl (C=O) groups is 2. The van der Waals surface area contributed by atoms with Crippen LogP contribution in [-0.4, -0.2) is 86.7 Å². The molecule has 4 aromatic rings. The molecule has 1 fully saturated rings. The quantitative estimate of drug-likeness (QED) is 0.226. The van der Waals surface area contributed by atoms with Crippen LogP contribution in [0.15, 0.2) is 64.4 Å². The molecule has 12 nitrogen and oxygen atoms in total. The highest BCUT2D eigenvalue weighted by Gasteiger charge is 2.25. The Bertz CT molecular complexity index is 1840. The van der Waals surface area contributed by atoms with E-state index >= 15 is 0 Å². The van der Waals surface area contributed by atoms with E-state index in [0.717, 1.165) is 12.1 Å². The molecular weight excluding hydrogens is 612 g/mol. The van der Waals surface area contributed by atoms with Crippen LogP contribution in [0.1, 0.15) is 23.2 Å². The molecule has 238 valence electrons. The standard InChI is InChI=1S/C30H31F2N5O7S/c1-36(2)9-12-44-21-3-5-24(26(16-21)33-20-7-10-43-11-8-20)29(38)34-28-25-17-22(4-6-27(25)37(35-28)30(39)40)45(41,42)23-14-18(31)13-19(32)15-23/h3-6,13-17,20,33H,7-12H2,1-2H3,(H,39,40)(H,34,35,38). The molecule has 3 aromatic carbocycles. The Morgan fingerprint density at radius 3 is 2.42 bits per heavy atom. The Hall–Kier alpha value is -4.60. The number of carboxylic acid groups (broad SMARTS) is 1. The summed E-state index contributed by atoms with van der Waals surface area (Å²) in [5.74, 6) is -2.52. The van der Waals surface area contributed by atoms with Crippen molar-refractivity contribution in [1.82, 2.24) is 14.7 Å². The van der Waals surface area contributed by atoms with E-state index in [4.69, 9.17) is 9.47 Å². The predicted molar refractivity (Wildman–Crippen MR) is 161 cm³/mol. The molecule has 0 aliphatic carbocycles. The molecule has 45 heavy (non-hydrogen) atoms. The third kappa shape index (κ3) is 7.21. The Labute approximate surface area is 257 Å². The molecule has 1 saturated heterocycles. The van der Waals surface area contributed by atoms with Crippen LogP contribution in [0.4, 0.5) is 25.1 Å². The van der Waals surface area contributed by atoms with Crippen LogP contribution < -0.4 is 15.4 Å². The van der Waals surface area contributed by atoms with Gasteiger partial charge in [0.2, 0.25) is 9.84 Å². The molecule has 1 aromatic heterocycles. The van der Waals surface area contributed by atoms with Gasteiger partial charge in [0.1, 0.15) is 24.0 Å². The van der Waals surface area contributed by atoms with Gasteiger partial charge in [-0.2, -0.15) is 4.68 Å². The lowest BCUT2D eigenvalue weighted by molar-refractivity contribution is 0.0904. The van der Waals surface area contributed by atoms with Crippen LogP contribution in [0.25, 0.3) is 10.9 Å². The first-order chi connectivity index (χ1) is 21.4. The average Bonchev–Trinajstić information content (AvgIpc) is 3.35. The summed E-state index contributed by atoms with van der Waals surface area (Å²) in [6.45, 7) is 2.21. The highest BCUT2D eigenvalue weighted by atomic mass is 32.2. The van der Waals surface area contributed by atoms with E-state index in [2.05, 4.69) is 15.7 Å². The summed E-state index contributed by atoms with van der Waals surface area (Å²) in [6.07, 6.45) is -0.0517. The monoisotopic (exact) mass is 643 g/mol. The second kappa shape index (κ2) is 13.2. The van der Waals surface area contributed by atoms with Crippen molar-refractivity contribution < 1.29 is 41.4 Å². The van der Waals surface area contributed by atoms with Crippen molar-refractivity contribution in [2.24, 2.45) is 0 Å². The molecule has 0 bridgehead atoms. The number of amides is 1. The fourth-order valence-electron chi connectivity index (χ4n) is 4.84. The lowest BCUT2D eigenvalue weighted by Crippen LogP contribution is -2.29.